The highest BCUT2D eigenvalue weighted by Gasteiger charge is 2.31. The lowest BCUT2D eigenvalue weighted by atomic mass is 10.2. The Bertz CT molecular complexity index is 347. The van der Waals surface area contributed by atoms with Gasteiger partial charge in [0.15, 0.2) is 0 Å². The van der Waals surface area contributed by atoms with Gasteiger partial charge in [-0.2, -0.15) is 0 Å². The van der Waals surface area contributed by atoms with Crippen LogP contribution in [0.2, 0.25) is 0 Å². The molecule has 0 radical (unpaired) electrons. The van der Waals surface area contributed by atoms with Crippen molar-refractivity contribution in [1.82, 2.24) is 15.5 Å². The number of methoxy groups -OCH3 is 1. The first kappa shape index (κ1) is 15.4. The van der Waals surface area contributed by atoms with Crippen LogP contribution in [0.3, 0.4) is 0 Å². The van der Waals surface area contributed by atoms with Crippen LogP contribution in [0.25, 0.3) is 0 Å². The number of hydrogen-bond donors (Lipinski definition) is 2. The molecule has 1 heterocycles. The standard InChI is InChI=1S/C11H19N3O5/c1-3-12-11(17)13-9(15)6-14-4-5-19-7-8(14)10(16)18-2/h8H,3-7H2,1-2H3,(H2,12,13,15,17). The molecule has 1 aliphatic rings. The van der Waals surface area contributed by atoms with E-state index < -0.39 is 23.9 Å². The molecule has 1 aliphatic heterocycles. The molecule has 0 spiro atoms. The highest BCUT2D eigenvalue weighted by atomic mass is 16.5. The van der Waals surface area contributed by atoms with E-state index in [1.165, 1.54) is 7.11 Å². The molecular formula is C11H19N3O5. The lowest BCUT2D eigenvalue weighted by Crippen LogP contribution is -2.54. The van der Waals surface area contributed by atoms with Crippen molar-refractivity contribution in [2.24, 2.45) is 0 Å². The van der Waals surface area contributed by atoms with Gasteiger partial charge in [0.1, 0.15) is 6.04 Å². The third-order valence-electron chi connectivity index (χ3n) is 2.65. The van der Waals surface area contributed by atoms with Crippen molar-refractivity contribution in [1.29, 1.82) is 0 Å². The summed E-state index contributed by atoms with van der Waals surface area (Å²) < 4.78 is 9.83. The van der Waals surface area contributed by atoms with Crippen LogP contribution in [0.15, 0.2) is 0 Å². The van der Waals surface area contributed by atoms with Crippen molar-refractivity contribution in [3.63, 3.8) is 0 Å². The summed E-state index contributed by atoms with van der Waals surface area (Å²) in [7, 11) is 1.28. The minimum Gasteiger partial charge on any atom is -0.468 e. The first-order chi connectivity index (χ1) is 9.08. The zero-order valence-electron chi connectivity index (χ0n) is 11.1. The van der Waals surface area contributed by atoms with E-state index in [4.69, 9.17) is 4.74 Å². The van der Waals surface area contributed by atoms with E-state index in [9.17, 15) is 14.4 Å². The Morgan fingerprint density at radius 3 is 2.79 bits per heavy atom. The maximum Gasteiger partial charge on any atom is 0.325 e. The van der Waals surface area contributed by atoms with Gasteiger partial charge in [0.2, 0.25) is 5.91 Å². The fourth-order valence-electron chi connectivity index (χ4n) is 1.74. The lowest BCUT2D eigenvalue weighted by molar-refractivity contribution is -0.153. The van der Waals surface area contributed by atoms with Gasteiger partial charge in [-0.15, -0.1) is 0 Å². The minimum absolute atomic E-state index is 0.0553. The van der Waals surface area contributed by atoms with Crippen molar-refractivity contribution >= 4 is 17.9 Å². The molecule has 8 nitrogen and oxygen atoms in total. The van der Waals surface area contributed by atoms with Crippen LogP contribution in [-0.4, -0.2) is 68.8 Å². The maximum atomic E-state index is 11.6. The second-order valence-electron chi connectivity index (χ2n) is 3.99. The molecule has 1 atom stereocenters. The van der Waals surface area contributed by atoms with Gasteiger partial charge in [-0.25, -0.2) is 4.79 Å². The predicted octanol–water partition coefficient (Wildman–Crippen LogP) is -1.29. The molecule has 0 aromatic rings. The summed E-state index contributed by atoms with van der Waals surface area (Å²) in [6, 6.07) is -1.16. The van der Waals surface area contributed by atoms with Gasteiger partial charge in [0.05, 0.1) is 26.9 Å². The Labute approximate surface area is 111 Å². The average molecular weight is 273 g/mol. The normalized spacial score (nSPS) is 19.6. The molecule has 19 heavy (non-hydrogen) atoms. The summed E-state index contributed by atoms with van der Waals surface area (Å²) in [4.78, 5) is 36.0. The van der Waals surface area contributed by atoms with E-state index in [-0.39, 0.29) is 13.2 Å². The Morgan fingerprint density at radius 1 is 1.42 bits per heavy atom. The molecule has 1 fully saturated rings. The third-order valence-corrected chi connectivity index (χ3v) is 2.65. The van der Waals surface area contributed by atoms with Gasteiger partial charge in [0, 0.05) is 13.1 Å². The van der Waals surface area contributed by atoms with Gasteiger partial charge in [0.25, 0.3) is 0 Å². The zero-order valence-corrected chi connectivity index (χ0v) is 11.1. The van der Waals surface area contributed by atoms with Crippen LogP contribution < -0.4 is 10.6 Å². The molecule has 0 aromatic heterocycles. The monoisotopic (exact) mass is 273 g/mol. The molecule has 3 amide bonds. The zero-order chi connectivity index (χ0) is 14.3. The van der Waals surface area contributed by atoms with Crippen molar-refractivity contribution < 1.29 is 23.9 Å². The van der Waals surface area contributed by atoms with Crippen LogP contribution in [-0.2, 0) is 19.1 Å². The number of carbonyl (C=O) groups is 3. The van der Waals surface area contributed by atoms with Gasteiger partial charge in [-0.1, -0.05) is 0 Å². The maximum absolute atomic E-state index is 11.6. The number of nitrogens with zero attached hydrogens (tertiary/aromatic N) is 1. The highest BCUT2D eigenvalue weighted by molar-refractivity contribution is 5.95. The fraction of sp³-hybridized carbons (Fsp3) is 0.727. The van der Waals surface area contributed by atoms with Crippen molar-refractivity contribution in [3.05, 3.63) is 0 Å². The summed E-state index contributed by atoms with van der Waals surface area (Å²) in [5.41, 5.74) is 0. The van der Waals surface area contributed by atoms with E-state index in [2.05, 4.69) is 15.4 Å². The Kier molecular flexibility index (Phi) is 6.23. The van der Waals surface area contributed by atoms with E-state index in [1.54, 1.807) is 11.8 Å². The van der Waals surface area contributed by atoms with Gasteiger partial charge >= 0.3 is 12.0 Å². The SMILES string of the molecule is CCNC(=O)NC(=O)CN1CCOCC1C(=O)OC. The molecule has 2 N–H and O–H groups in total. The van der Waals surface area contributed by atoms with Gasteiger partial charge in [-0.3, -0.25) is 19.8 Å². The highest BCUT2D eigenvalue weighted by Crippen LogP contribution is 2.07. The van der Waals surface area contributed by atoms with E-state index >= 15 is 0 Å². The van der Waals surface area contributed by atoms with Crippen LogP contribution in [0.4, 0.5) is 4.79 Å². The first-order valence-corrected chi connectivity index (χ1v) is 6.05. The number of esters is 1. The van der Waals surface area contributed by atoms with Crippen molar-refractivity contribution in [3.8, 4) is 0 Å². The molecule has 0 aliphatic carbocycles. The van der Waals surface area contributed by atoms with Crippen LogP contribution in [0.5, 0.6) is 0 Å². The quantitative estimate of drug-likeness (QED) is 0.618. The van der Waals surface area contributed by atoms with E-state index in [0.29, 0.717) is 19.7 Å². The largest absolute Gasteiger partial charge is 0.468 e. The minimum atomic E-state index is -0.612. The van der Waals surface area contributed by atoms with E-state index in [0.717, 1.165) is 0 Å². The molecular weight excluding hydrogens is 254 g/mol. The molecule has 0 saturated carbocycles. The number of ether oxygens (including phenoxy) is 2. The number of urea groups is 1. The lowest BCUT2D eigenvalue weighted by Gasteiger charge is -2.32. The summed E-state index contributed by atoms with van der Waals surface area (Å²) in [6.45, 7) is 3.17. The second-order valence-corrected chi connectivity index (χ2v) is 3.99. The smallest absolute Gasteiger partial charge is 0.325 e. The van der Waals surface area contributed by atoms with Crippen LogP contribution >= 0.6 is 0 Å². The topological polar surface area (TPSA) is 97.0 Å². The van der Waals surface area contributed by atoms with E-state index in [1.807, 2.05) is 0 Å². The first-order valence-electron chi connectivity index (χ1n) is 6.05. The molecule has 108 valence electrons. The van der Waals surface area contributed by atoms with Crippen LogP contribution in [0.1, 0.15) is 6.92 Å². The molecule has 1 rings (SSSR count). The van der Waals surface area contributed by atoms with Gasteiger partial charge < -0.3 is 14.8 Å². The predicted molar refractivity (Wildman–Crippen MR) is 65.4 cm³/mol. The number of nitrogens with one attached hydrogen (secondary N) is 2. The summed E-state index contributed by atoms with van der Waals surface area (Å²) in [5.74, 6) is -0.924. The number of amides is 3. The van der Waals surface area contributed by atoms with Crippen LogP contribution in [0, 0.1) is 0 Å². The average Bonchev–Trinajstić information content (AvgIpc) is 2.38. The number of hydrogen-bond acceptors (Lipinski definition) is 6. The third kappa shape index (κ3) is 4.84. The fourth-order valence-corrected chi connectivity index (χ4v) is 1.74. The summed E-state index contributed by atoms with van der Waals surface area (Å²) in [5, 5.41) is 4.64. The second kappa shape index (κ2) is 7.70. The van der Waals surface area contributed by atoms with Gasteiger partial charge in [-0.05, 0) is 6.92 Å². The molecule has 8 heteroatoms. The Balaban J connectivity index is 2.50. The summed E-state index contributed by atoms with van der Waals surface area (Å²) >= 11 is 0. The molecule has 0 bridgehead atoms. The molecule has 0 aromatic carbocycles. The van der Waals surface area contributed by atoms with Crippen molar-refractivity contribution in [2.45, 2.75) is 13.0 Å². The number of rotatable bonds is 4. The number of carbonyl (C=O) groups excluding carboxylic acids is 3. The number of imide groups is 1. The van der Waals surface area contributed by atoms with Crippen molar-refractivity contribution in [2.75, 3.05) is 40.0 Å². The molecule has 1 saturated heterocycles. The molecule has 1 unspecified atom stereocenters. The Hall–Kier alpha value is -1.67. The Morgan fingerprint density at radius 2 is 2.16 bits per heavy atom. The number of morpholine rings is 1. The summed E-state index contributed by atoms with van der Waals surface area (Å²) in [6.07, 6.45) is 0.